The van der Waals surface area contributed by atoms with Crippen molar-refractivity contribution in [3.63, 3.8) is 0 Å². The Labute approximate surface area is 135 Å². The zero-order valence-corrected chi connectivity index (χ0v) is 13.2. The maximum absolute atomic E-state index is 13.7. The van der Waals surface area contributed by atoms with Crippen LogP contribution in [0.2, 0.25) is 0 Å². The minimum atomic E-state index is -1.09. The molecular weight excluding hydrogens is 325 g/mol. The molecule has 0 spiro atoms. The lowest BCUT2D eigenvalue weighted by Crippen LogP contribution is -2.40. The van der Waals surface area contributed by atoms with Crippen LogP contribution in [0, 0.1) is 5.82 Å². The van der Waals surface area contributed by atoms with Gasteiger partial charge in [0.1, 0.15) is 5.25 Å². The van der Waals surface area contributed by atoms with E-state index in [1.54, 1.807) is 13.0 Å². The number of carbonyl (C=O) groups is 2. The van der Waals surface area contributed by atoms with Crippen molar-refractivity contribution in [1.82, 2.24) is 5.32 Å². The molecule has 0 unspecified atom stereocenters. The first-order chi connectivity index (χ1) is 10.9. The van der Waals surface area contributed by atoms with Crippen molar-refractivity contribution < 1.29 is 23.8 Å². The number of hydrogen-bond donors (Lipinski definition) is 2. The summed E-state index contributed by atoms with van der Waals surface area (Å²) < 4.78 is 18.5. The Hall–Kier alpha value is -2.42. The lowest BCUT2D eigenvalue weighted by molar-refractivity contribution is -0.138. The molecule has 1 aromatic rings. The molecule has 2 N–H and O–H groups in total. The highest BCUT2D eigenvalue weighted by atomic mass is 32.2. The van der Waals surface area contributed by atoms with Gasteiger partial charge in [0.2, 0.25) is 5.91 Å². The van der Waals surface area contributed by atoms with Crippen LogP contribution < -0.4 is 10.1 Å². The van der Waals surface area contributed by atoms with Crippen molar-refractivity contribution in [2.45, 2.75) is 18.6 Å². The van der Waals surface area contributed by atoms with E-state index in [0.29, 0.717) is 11.3 Å². The van der Waals surface area contributed by atoms with E-state index in [-0.39, 0.29) is 17.3 Å². The number of hydrogen-bond acceptors (Lipinski definition) is 6. The average Bonchev–Trinajstić information content (AvgIpc) is 2.52. The Morgan fingerprint density at radius 2 is 2.26 bits per heavy atom. The molecule has 1 amide bonds. The second-order valence-corrected chi connectivity index (χ2v) is 5.83. The standard InChI is InChI=1S/C14H14FN3O4S/c1-7(8-3-4-10(22-2)9(15)5-8)17-18-14-16-12(19)6-11(23-14)13(20)21/h3-5,11H,6H2,1-2H3,(H,20,21)(H,16,18,19)/b17-7-/t11-/m1/s1. The van der Waals surface area contributed by atoms with Crippen molar-refractivity contribution in [3.8, 4) is 5.75 Å². The van der Waals surface area contributed by atoms with Crippen LogP contribution in [0.5, 0.6) is 5.75 Å². The number of ether oxygens (including phenoxy) is 1. The summed E-state index contributed by atoms with van der Waals surface area (Å²) in [5, 5.41) is 18.4. The maximum Gasteiger partial charge on any atom is 0.317 e. The van der Waals surface area contributed by atoms with Crippen LogP contribution in [-0.2, 0) is 9.59 Å². The SMILES string of the molecule is COc1ccc(/C(C)=N\N=C2/NC(=O)C[C@H](C(=O)O)S2)cc1F. The molecule has 0 aliphatic carbocycles. The Balaban J connectivity index is 2.18. The van der Waals surface area contributed by atoms with Gasteiger partial charge in [0.05, 0.1) is 12.8 Å². The number of aliphatic carboxylic acids is 1. The van der Waals surface area contributed by atoms with Crippen molar-refractivity contribution in [2.75, 3.05) is 7.11 Å². The minimum absolute atomic E-state index is 0.0991. The van der Waals surface area contributed by atoms with Crippen LogP contribution in [0.15, 0.2) is 28.4 Å². The highest BCUT2D eigenvalue weighted by Gasteiger charge is 2.29. The number of methoxy groups -OCH3 is 1. The van der Waals surface area contributed by atoms with Crippen molar-refractivity contribution in [2.24, 2.45) is 10.2 Å². The molecule has 1 atom stereocenters. The molecule has 9 heteroatoms. The van der Waals surface area contributed by atoms with Gasteiger partial charge in [0.15, 0.2) is 16.7 Å². The smallest absolute Gasteiger partial charge is 0.317 e. The highest BCUT2D eigenvalue weighted by Crippen LogP contribution is 2.21. The van der Waals surface area contributed by atoms with E-state index >= 15 is 0 Å². The van der Waals surface area contributed by atoms with Gasteiger partial charge in [0.25, 0.3) is 0 Å². The number of nitrogens with zero attached hydrogens (tertiary/aromatic N) is 2. The Morgan fingerprint density at radius 1 is 1.52 bits per heavy atom. The van der Waals surface area contributed by atoms with E-state index in [1.807, 2.05) is 0 Å². The molecule has 1 aliphatic heterocycles. The fourth-order valence-electron chi connectivity index (χ4n) is 1.80. The Morgan fingerprint density at radius 3 is 2.87 bits per heavy atom. The molecule has 1 aliphatic rings. The summed E-state index contributed by atoms with van der Waals surface area (Å²) >= 11 is 0.907. The third-order valence-electron chi connectivity index (χ3n) is 3.01. The molecule has 1 heterocycles. The molecule has 0 radical (unpaired) electrons. The highest BCUT2D eigenvalue weighted by molar-refractivity contribution is 8.15. The summed E-state index contributed by atoms with van der Waals surface area (Å²) in [7, 11) is 1.37. The number of rotatable bonds is 4. The van der Waals surface area contributed by atoms with Gasteiger partial charge in [-0.1, -0.05) is 11.8 Å². The number of halogens is 1. The monoisotopic (exact) mass is 339 g/mol. The normalized spacial score (nSPS) is 20.3. The van der Waals surface area contributed by atoms with E-state index < -0.39 is 22.9 Å². The molecule has 2 rings (SSSR count). The van der Waals surface area contributed by atoms with Crippen LogP contribution in [0.3, 0.4) is 0 Å². The fourth-order valence-corrected chi connectivity index (χ4v) is 2.67. The summed E-state index contributed by atoms with van der Waals surface area (Å²) in [5.74, 6) is -1.93. The maximum atomic E-state index is 13.7. The van der Waals surface area contributed by atoms with Crippen LogP contribution in [-0.4, -0.2) is 40.2 Å². The summed E-state index contributed by atoms with van der Waals surface area (Å²) in [5.41, 5.74) is 0.904. The number of carboxylic acids is 1. The van der Waals surface area contributed by atoms with Gasteiger partial charge in [-0.05, 0) is 25.1 Å². The van der Waals surface area contributed by atoms with E-state index in [2.05, 4.69) is 15.5 Å². The second kappa shape index (κ2) is 7.23. The Kier molecular flexibility index (Phi) is 5.32. The van der Waals surface area contributed by atoms with E-state index in [0.717, 1.165) is 11.8 Å². The number of carboxylic acid groups (broad SMARTS) is 1. The number of carbonyl (C=O) groups excluding carboxylic acids is 1. The van der Waals surface area contributed by atoms with Crippen LogP contribution in [0.1, 0.15) is 18.9 Å². The topological polar surface area (TPSA) is 100 Å². The van der Waals surface area contributed by atoms with Crippen LogP contribution >= 0.6 is 11.8 Å². The first-order valence-electron chi connectivity index (χ1n) is 6.56. The van der Waals surface area contributed by atoms with Gasteiger partial charge in [0, 0.05) is 12.0 Å². The molecular formula is C14H14FN3O4S. The summed E-state index contributed by atoms with van der Waals surface area (Å²) in [6, 6.07) is 4.34. The van der Waals surface area contributed by atoms with E-state index in [9.17, 15) is 14.0 Å². The molecule has 122 valence electrons. The molecule has 7 nitrogen and oxygen atoms in total. The van der Waals surface area contributed by atoms with Crippen molar-refractivity contribution in [1.29, 1.82) is 0 Å². The second-order valence-electron chi connectivity index (χ2n) is 4.64. The lowest BCUT2D eigenvalue weighted by Gasteiger charge is -2.18. The zero-order valence-electron chi connectivity index (χ0n) is 12.4. The first kappa shape index (κ1) is 16.9. The zero-order chi connectivity index (χ0) is 17.0. The largest absolute Gasteiger partial charge is 0.494 e. The van der Waals surface area contributed by atoms with Gasteiger partial charge in [-0.2, -0.15) is 5.10 Å². The predicted molar refractivity (Wildman–Crippen MR) is 84.4 cm³/mol. The number of benzene rings is 1. The third kappa shape index (κ3) is 4.28. The molecule has 0 bridgehead atoms. The first-order valence-corrected chi connectivity index (χ1v) is 7.44. The van der Waals surface area contributed by atoms with Gasteiger partial charge in [-0.15, -0.1) is 5.10 Å². The molecule has 0 aromatic heterocycles. The quantitative estimate of drug-likeness (QED) is 0.641. The summed E-state index contributed by atoms with van der Waals surface area (Å²) in [6.07, 6.45) is -0.120. The van der Waals surface area contributed by atoms with Crippen LogP contribution in [0.25, 0.3) is 0 Å². The summed E-state index contributed by atoms with van der Waals surface area (Å²) in [4.78, 5) is 22.4. The number of thioether (sulfide) groups is 1. The fraction of sp³-hybridized carbons (Fsp3) is 0.286. The molecule has 1 aromatic carbocycles. The molecule has 1 saturated heterocycles. The van der Waals surface area contributed by atoms with Gasteiger partial charge < -0.3 is 15.2 Å². The van der Waals surface area contributed by atoms with Gasteiger partial charge in [-0.3, -0.25) is 9.59 Å². The van der Waals surface area contributed by atoms with Gasteiger partial charge in [-0.25, -0.2) is 4.39 Å². The number of amides is 1. The lowest BCUT2D eigenvalue weighted by atomic mass is 10.1. The number of amidine groups is 1. The number of nitrogens with one attached hydrogen (secondary N) is 1. The van der Waals surface area contributed by atoms with Gasteiger partial charge >= 0.3 is 5.97 Å². The molecule has 0 saturated carbocycles. The van der Waals surface area contributed by atoms with E-state index in [1.165, 1.54) is 19.2 Å². The Bertz CT molecular complexity index is 705. The molecule has 23 heavy (non-hydrogen) atoms. The third-order valence-corrected chi connectivity index (χ3v) is 4.07. The van der Waals surface area contributed by atoms with Crippen LogP contribution in [0.4, 0.5) is 4.39 Å². The summed E-state index contributed by atoms with van der Waals surface area (Å²) in [6.45, 7) is 1.62. The van der Waals surface area contributed by atoms with E-state index in [4.69, 9.17) is 9.84 Å². The predicted octanol–water partition coefficient (Wildman–Crippen LogP) is 1.62. The average molecular weight is 339 g/mol. The molecule has 1 fully saturated rings. The minimum Gasteiger partial charge on any atom is -0.494 e. The van der Waals surface area contributed by atoms with Crippen molar-refractivity contribution >= 4 is 34.5 Å². The van der Waals surface area contributed by atoms with Crippen molar-refractivity contribution in [3.05, 3.63) is 29.6 Å².